The minimum atomic E-state index is -0.951. The average molecular weight is 311 g/mol. The van der Waals surface area contributed by atoms with Crippen LogP contribution in [0.2, 0.25) is 0 Å². The Morgan fingerprint density at radius 2 is 2.06 bits per heavy atom. The molecule has 1 aromatic heterocycles. The molecule has 2 rings (SSSR count). The topological polar surface area (TPSA) is 76.2 Å². The van der Waals surface area contributed by atoms with Crippen LogP contribution in [0.5, 0.6) is 0 Å². The lowest BCUT2D eigenvalue weighted by Crippen LogP contribution is -1.95. The van der Waals surface area contributed by atoms with Gasteiger partial charge in [-0.3, -0.25) is 0 Å². The van der Waals surface area contributed by atoms with Gasteiger partial charge in [-0.2, -0.15) is 4.98 Å². The highest BCUT2D eigenvalue weighted by Crippen LogP contribution is 2.17. The van der Waals surface area contributed by atoms with E-state index in [2.05, 4.69) is 26.1 Å². The van der Waals surface area contributed by atoms with Crippen molar-refractivity contribution in [1.29, 1.82) is 0 Å². The zero-order chi connectivity index (χ0) is 13.0. The van der Waals surface area contributed by atoms with Crippen molar-refractivity contribution in [3.63, 3.8) is 0 Å². The Balaban J connectivity index is 2.15. The monoisotopic (exact) mass is 310 g/mol. The second-order valence-electron chi connectivity index (χ2n) is 3.69. The normalized spacial score (nSPS) is 10.5. The molecule has 0 unspecified atom stereocenters. The Kier molecular flexibility index (Phi) is 4.09. The van der Waals surface area contributed by atoms with Crippen molar-refractivity contribution in [2.45, 2.75) is 12.8 Å². The maximum atomic E-state index is 10.7. The van der Waals surface area contributed by atoms with Gasteiger partial charge in [0.2, 0.25) is 11.7 Å². The van der Waals surface area contributed by atoms with Crippen molar-refractivity contribution in [3.8, 4) is 11.4 Å². The summed E-state index contributed by atoms with van der Waals surface area (Å²) in [6.07, 6.45) is 1.66. The molecule has 0 atom stereocenters. The molecule has 0 saturated heterocycles. The third-order valence-corrected chi connectivity index (χ3v) is 2.94. The highest BCUT2D eigenvalue weighted by atomic mass is 79.9. The predicted octanol–water partition coefficient (Wildman–Crippen LogP) is 2.76. The molecule has 0 bridgehead atoms. The zero-order valence-electron chi connectivity index (χ0n) is 9.47. The third kappa shape index (κ3) is 2.95. The molecule has 2 aromatic rings. The lowest BCUT2D eigenvalue weighted by atomic mass is 10.1. The van der Waals surface area contributed by atoms with Crippen LogP contribution >= 0.6 is 15.9 Å². The number of carboxylic acids is 1. The van der Waals surface area contributed by atoms with Gasteiger partial charge in [0.25, 0.3) is 0 Å². The standard InChI is InChI=1S/C12H11BrN2O3/c13-7-1-2-10-14-11(15-18-10)8-3-5-9(6-4-8)12(16)17/h3-6H,1-2,7H2,(H,16,17). The quantitative estimate of drug-likeness (QED) is 0.859. The molecule has 0 saturated carbocycles. The van der Waals surface area contributed by atoms with Crippen LogP contribution in [0.4, 0.5) is 0 Å². The van der Waals surface area contributed by atoms with Crippen molar-refractivity contribution >= 4 is 21.9 Å². The molecule has 0 amide bonds. The largest absolute Gasteiger partial charge is 0.478 e. The fourth-order valence-electron chi connectivity index (χ4n) is 1.45. The lowest BCUT2D eigenvalue weighted by Gasteiger charge is -1.95. The van der Waals surface area contributed by atoms with Gasteiger partial charge in [-0.1, -0.05) is 33.2 Å². The SMILES string of the molecule is O=C(O)c1ccc(-c2noc(CCCBr)n2)cc1. The van der Waals surface area contributed by atoms with Gasteiger partial charge in [-0.05, 0) is 18.6 Å². The van der Waals surface area contributed by atoms with Crippen LogP contribution < -0.4 is 0 Å². The van der Waals surface area contributed by atoms with E-state index in [-0.39, 0.29) is 5.56 Å². The van der Waals surface area contributed by atoms with Gasteiger partial charge in [0.05, 0.1) is 5.56 Å². The molecule has 0 aliphatic heterocycles. The van der Waals surface area contributed by atoms with E-state index in [0.717, 1.165) is 23.7 Å². The van der Waals surface area contributed by atoms with E-state index in [1.165, 1.54) is 12.1 Å². The first-order chi connectivity index (χ1) is 8.70. The van der Waals surface area contributed by atoms with E-state index in [0.29, 0.717) is 11.7 Å². The molecule has 0 fully saturated rings. The van der Waals surface area contributed by atoms with E-state index in [1.54, 1.807) is 12.1 Å². The molecule has 1 heterocycles. The van der Waals surface area contributed by atoms with Gasteiger partial charge in [-0.25, -0.2) is 4.79 Å². The second kappa shape index (κ2) is 5.77. The average Bonchev–Trinajstić information content (AvgIpc) is 2.85. The number of rotatable bonds is 5. The van der Waals surface area contributed by atoms with Crippen LogP contribution in [-0.2, 0) is 6.42 Å². The van der Waals surface area contributed by atoms with Crippen molar-refractivity contribution in [3.05, 3.63) is 35.7 Å². The molecule has 0 aliphatic carbocycles. The molecule has 94 valence electrons. The fraction of sp³-hybridized carbons (Fsp3) is 0.250. The summed E-state index contributed by atoms with van der Waals surface area (Å²) in [6.45, 7) is 0. The molecule has 1 aromatic carbocycles. The summed E-state index contributed by atoms with van der Waals surface area (Å²) in [5.74, 6) is 0.121. The summed E-state index contributed by atoms with van der Waals surface area (Å²) in [4.78, 5) is 15.0. The number of hydrogen-bond acceptors (Lipinski definition) is 4. The minimum Gasteiger partial charge on any atom is -0.478 e. The number of carbonyl (C=O) groups is 1. The Morgan fingerprint density at radius 1 is 1.33 bits per heavy atom. The van der Waals surface area contributed by atoms with Crippen molar-refractivity contribution in [1.82, 2.24) is 10.1 Å². The minimum absolute atomic E-state index is 0.238. The van der Waals surface area contributed by atoms with Crippen LogP contribution in [0.15, 0.2) is 28.8 Å². The number of alkyl halides is 1. The summed E-state index contributed by atoms with van der Waals surface area (Å²) < 4.78 is 5.10. The molecular weight excluding hydrogens is 300 g/mol. The number of aryl methyl sites for hydroxylation is 1. The summed E-state index contributed by atoms with van der Waals surface area (Å²) in [5, 5.41) is 13.5. The van der Waals surface area contributed by atoms with E-state index in [9.17, 15) is 4.79 Å². The zero-order valence-corrected chi connectivity index (χ0v) is 11.1. The predicted molar refractivity (Wildman–Crippen MR) is 68.8 cm³/mol. The number of halogens is 1. The number of nitrogens with zero attached hydrogens (tertiary/aromatic N) is 2. The van der Waals surface area contributed by atoms with Gasteiger partial charge in [0.15, 0.2) is 0 Å². The molecule has 0 spiro atoms. The highest BCUT2D eigenvalue weighted by Gasteiger charge is 2.09. The Labute approximate surface area is 112 Å². The van der Waals surface area contributed by atoms with E-state index in [4.69, 9.17) is 9.63 Å². The highest BCUT2D eigenvalue weighted by molar-refractivity contribution is 9.09. The van der Waals surface area contributed by atoms with Crippen molar-refractivity contribution in [2.75, 3.05) is 5.33 Å². The smallest absolute Gasteiger partial charge is 0.335 e. The molecule has 1 N–H and O–H groups in total. The van der Waals surface area contributed by atoms with Gasteiger partial charge in [0.1, 0.15) is 0 Å². The molecule has 6 heteroatoms. The molecule has 5 nitrogen and oxygen atoms in total. The Hall–Kier alpha value is -1.69. The molecular formula is C12H11BrN2O3. The van der Waals surface area contributed by atoms with Crippen molar-refractivity contribution < 1.29 is 14.4 Å². The summed E-state index contributed by atoms with van der Waals surface area (Å²) in [5.41, 5.74) is 0.982. The number of aromatic carboxylic acids is 1. The number of hydrogen-bond donors (Lipinski definition) is 1. The van der Waals surface area contributed by atoms with Gasteiger partial charge in [-0.15, -0.1) is 0 Å². The van der Waals surface area contributed by atoms with E-state index < -0.39 is 5.97 Å². The maximum Gasteiger partial charge on any atom is 0.335 e. The summed E-state index contributed by atoms with van der Waals surface area (Å²) in [7, 11) is 0. The van der Waals surface area contributed by atoms with E-state index in [1.807, 2.05) is 0 Å². The second-order valence-corrected chi connectivity index (χ2v) is 4.48. The molecule has 0 radical (unpaired) electrons. The Morgan fingerprint density at radius 3 is 2.67 bits per heavy atom. The first-order valence-electron chi connectivity index (χ1n) is 5.43. The number of carboxylic acid groups (broad SMARTS) is 1. The number of aromatic nitrogens is 2. The van der Waals surface area contributed by atoms with Gasteiger partial charge in [0, 0.05) is 17.3 Å². The van der Waals surface area contributed by atoms with Crippen LogP contribution in [0.3, 0.4) is 0 Å². The first kappa shape index (κ1) is 12.8. The fourth-order valence-corrected chi connectivity index (χ4v) is 1.73. The van der Waals surface area contributed by atoms with E-state index >= 15 is 0 Å². The molecule has 18 heavy (non-hydrogen) atoms. The maximum absolute atomic E-state index is 10.7. The number of benzene rings is 1. The van der Waals surface area contributed by atoms with Crippen LogP contribution in [0.25, 0.3) is 11.4 Å². The van der Waals surface area contributed by atoms with Gasteiger partial charge >= 0.3 is 5.97 Å². The molecule has 0 aliphatic rings. The summed E-state index contributed by atoms with van der Waals surface area (Å²) >= 11 is 3.33. The van der Waals surface area contributed by atoms with Crippen LogP contribution in [0.1, 0.15) is 22.7 Å². The van der Waals surface area contributed by atoms with Crippen LogP contribution in [-0.4, -0.2) is 26.5 Å². The summed E-state index contributed by atoms with van der Waals surface area (Å²) in [6, 6.07) is 6.38. The van der Waals surface area contributed by atoms with Crippen molar-refractivity contribution in [2.24, 2.45) is 0 Å². The first-order valence-corrected chi connectivity index (χ1v) is 6.55. The lowest BCUT2D eigenvalue weighted by molar-refractivity contribution is 0.0697. The van der Waals surface area contributed by atoms with Gasteiger partial charge < -0.3 is 9.63 Å². The van der Waals surface area contributed by atoms with Crippen LogP contribution in [0, 0.1) is 0 Å². The Bertz CT molecular complexity index is 537. The third-order valence-electron chi connectivity index (χ3n) is 2.38.